The smallest absolute Gasteiger partial charge is 0.409 e. The number of fused-ring (bicyclic) bond motifs is 3. The Morgan fingerprint density at radius 3 is 2.57 bits per heavy atom. The number of halogens is 1. The minimum Gasteiger partial charge on any atom is -0.465 e. The third-order valence-electron chi connectivity index (χ3n) is 4.73. The van der Waals surface area contributed by atoms with Crippen molar-refractivity contribution in [1.82, 2.24) is 19.7 Å². The summed E-state index contributed by atoms with van der Waals surface area (Å²) in [5.74, 6) is 1.14. The molecule has 1 aromatic heterocycles. The van der Waals surface area contributed by atoms with E-state index in [1.807, 2.05) is 47.9 Å². The molecule has 0 fully saturated rings. The summed E-state index contributed by atoms with van der Waals surface area (Å²) >= 11 is 6.05. The Morgan fingerprint density at radius 2 is 1.89 bits per heavy atom. The number of benzene rings is 2. The van der Waals surface area contributed by atoms with Gasteiger partial charge in [-0.25, -0.2) is 4.79 Å². The molecule has 2 aromatic carbocycles. The molecule has 1 amide bonds. The minimum absolute atomic E-state index is 0.264. The van der Waals surface area contributed by atoms with E-state index in [4.69, 9.17) is 16.6 Å². The molecule has 0 bridgehead atoms. The van der Waals surface area contributed by atoms with E-state index in [-0.39, 0.29) is 6.54 Å². The number of hydrogen-bond acceptors (Lipinski definition) is 4. The van der Waals surface area contributed by atoms with Crippen molar-refractivity contribution < 1.29 is 9.90 Å². The first-order valence-corrected chi connectivity index (χ1v) is 9.24. The Labute approximate surface area is 166 Å². The molecule has 142 valence electrons. The van der Waals surface area contributed by atoms with Crippen molar-refractivity contribution in [1.29, 1.82) is 0 Å². The second kappa shape index (κ2) is 7.09. The monoisotopic (exact) mass is 395 g/mol. The second-order valence-electron chi connectivity index (χ2n) is 6.38. The van der Waals surface area contributed by atoms with Gasteiger partial charge in [0.2, 0.25) is 0 Å². The minimum atomic E-state index is -1.06. The molecule has 0 aliphatic carbocycles. The van der Waals surface area contributed by atoms with Gasteiger partial charge in [0.15, 0.2) is 12.0 Å². The maximum Gasteiger partial charge on any atom is 0.409 e. The van der Waals surface area contributed by atoms with Crippen molar-refractivity contribution in [3.05, 3.63) is 76.3 Å². The number of aromatic nitrogens is 3. The molecule has 1 N–H and O–H groups in total. The standard InChI is InChI=1S/C20H18ClN5O2/c1-3-25(20(27)28)18-19-24-23-12(2)26(19)16-7-5-4-6-15(16)17(22-18)13-8-10-14(21)11-9-13/h4-11,18H,3H2,1-2H3,(H,27,28). The van der Waals surface area contributed by atoms with Gasteiger partial charge in [-0.15, -0.1) is 10.2 Å². The lowest BCUT2D eigenvalue weighted by molar-refractivity contribution is 0.126. The van der Waals surface area contributed by atoms with E-state index in [1.165, 1.54) is 4.90 Å². The summed E-state index contributed by atoms with van der Waals surface area (Å²) in [6.07, 6.45) is -1.88. The molecule has 4 rings (SSSR count). The average molecular weight is 396 g/mol. The van der Waals surface area contributed by atoms with Gasteiger partial charge in [-0.2, -0.15) is 0 Å². The first-order valence-electron chi connectivity index (χ1n) is 8.86. The number of carboxylic acid groups (broad SMARTS) is 1. The maximum absolute atomic E-state index is 11.9. The normalized spacial score (nSPS) is 15.2. The topological polar surface area (TPSA) is 83.6 Å². The molecule has 1 aliphatic rings. The van der Waals surface area contributed by atoms with Crippen molar-refractivity contribution in [2.24, 2.45) is 4.99 Å². The van der Waals surface area contributed by atoms with Gasteiger partial charge in [0.1, 0.15) is 5.82 Å². The quantitative estimate of drug-likeness (QED) is 0.724. The molecule has 0 spiro atoms. The fourth-order valence-corrected chi connectivity index (χ4v) is 3.55. The van der Waals surface area contributed by atoms with Crippen molar-refractivity contribution in [2.45, 2.75) is 20.0 Å². The van der Waals surface area contributed by atoms with Gasteiger partial charge >= 0.3 is 6.09 Å². The van der Waals surface area contributed by atoms with Gasteiger partial charge in [0.05, 0.1) is 11.4 Å². The Morgan fingerprint density at radius 1 is 1.18 bits per heavy atom. The Kier molecular flexibility index (Phi) is 4.60. The number of nitrogens with zero attached hydrogens (tertiary/aromatic N) is 5. The molecule has 0 radical (unpaired) electrons. The molecule has 1 aliphatic heterocycles. The van der Waals surface area contributed by atoms with Crippen LogP contribution in [-0.4, -0.2) is 43.1 Å². The largest absolute Gasteiger partial charge is 0.465 e. The number of aliphatic imine (C=N–C) groups is 1. The van der Waals surface area contributed by atoms with Gasteiger partial charge in [-0.3, -0.25) is 14.5 Å². The predicted molar refractivity (Wildman–Crippen MR) is 106 cm³/mol. The van der Waals surface area contributed by atoms with Gasteiger partial charge in [0.25, 0.3) is 0 Å². The van der Waals surface area contributed by atoms with Crippen LogP contribution in [0.3, 0.4) is 0 Å². The van der Waals surface area contributed by atoms with Crippen LogP contribution in [0.5, 0.6) is 0 Å². The highest BCUT2D eigenvalue weighted by Gasteiger charge is 2.33. The van der Waals surface area contributed by atoms with Crippen LogP contribution >= 0.6 is 11.6 Å². The lowest BCUT2D eigenvalue weighted by atomic mass is 10.0. The van der Waals surface area contributed by atoms with Crippen molar-refractivity contribution in [2.75, 3.05) is 6.54 Å². The summed E-state index contributed by atoms with van der Waals surface area (Å²) in [7, 11) is 0. The molecule has 0 saturated carbocycles. The first-order chi connectivity index (χ1) is 13.5. The molecular weight excluding hydrogens is 378 g/mol. The fourth-order valence-electron chi connectivity index (χ4n) is 3.42. The zero-order chi connectivity index (χ0) is 19.8. The summed E-state index contributed by atoms with van der Waals surface area (Å²) in [4.78, 5) is 18.0. The van der Waals surface area contributed by atoms with Crippen LogP contribution in [0.1, 0.15) is 35.9 Å². The van der Waals surface area contributed by atoms with Gasteiger partial charge in [0, 0.05) is 22.7 Å². The van der Waals surface area contributed by atoms with Gasteiger partial charge < -0.3 is 5.11 Å². The zero-order valence-corrected chi connectivity index (χ0v) is 16.1. The predicted octanol–water partition coefficient (Wildman–Crippen LogP) is 4.08. The fraction of sp³-hybridized carbons (Fsp3) is 0.200. The second-order valence-corrected chi connectivity index (χ2v) is 6.82. The van der Waals surface area contributed by atoms with Crippen LogP contribution in [0.2, 0.25) is 5.02 Å². The number of rotatable bonds is 3. The molecule has 8 heteroatoms. The SMILES string of the molecule is CCN(C(=O)O)C1N=C(c2ccc(Cl)cc2)c2ccccc2-n2c(C)nnc21. The number of aryl methyl sites for hydroxylation is 1. The molecular formula is C20H18ClN5O2. The molecule has 28 heavy (non-hydrogen) atoms. The summed E-state index contributed by atoms with van der Waals surface area (Å²) in [6, 6.07) is 15.1. The Bertz CT molecular complexity index is 1070. The third kappa shape index (κ3) is 2.93. The van der Waals surface area contributed by atoms with Gasteiger partial charge in [-0.05, 0) is 32.0 Å². The van der Waals surface area contributed by atoms with E-state index in [2.05, 4.69) is 10.2 Å². The van der Waals surface area contributed by atoms with Crippen LogP contribution in [0, 0.1) is 6.92 Å². The number of amides is 1. The Balaban J connectivity index is 2.03. The number of carbonyl (C=O) groups is 1. The summed E-state index contributed by atoms with van der Waals surface area (Å²) in [5, 5.41) is 18.8. The molecule has 7 nitrogen and oxygen atoms in total. The highest BCUT2D eigenvalue weighted by Crippen LogP contribution is 2.32. The van der Waals surface area contributed by atoms with E-state index in [0.29, 0.717) is 22.4 Å². The third-order valence-corrected chi connectivity index (χ3v) is 4.98. The van der Waals surface area contributed by atoms with Gasteiger partial charge in [-0.1, -0.05) is 41.9 Å². The van der Waals surface area contributed by atoms with E-state index < -0.39 is 12.3 Å². The van der Waals surface area contributed by atoms with E-state index in [1.54, 1.807) is 19.1 Å². The van der Waals surface area contributed by atoms with Crippen LogP contribution in [0.4, 0.5) is 4.79 Å². The van der Waals surface area contributed by atoms with Crippen molar-refractivity contribution >= 4 is 23.4 Å². The lowest BCUT2D eigenvalue weighted by Gasteiger charge is -2.24. The van der Waals surface area contributed by atoms with E-state index in [9.17, 15) is 9.90 Å². The summed E-state index contributed by atoms with van der Waals surface area (Å²) in [5.41, 5.74) is 3.26. The van der Waals surface area contributed by atoms with Crippen LogP contribution < -0.4 is 0 Å². The highest BCUT2D eigenvalue weighted by molar-refractivity contribution is 6.30. The van der Waals surface area contributed by atoms with Crippen molar-refractivity contribution in [3.63, 3.8) is 0 Å². The molecule has 0 saturated heterocycles. The molecule has 1 unspecified atom stereocenters. The average Bonchev–Trinajstić information content (AvgIpc) is 3.00. The summed E-state index contributed by atoms with van der Waals surface area (Å²) in [6.45, 7) is 3.88. The lowest BCUT2D eigenvalue weighted by Crippen LogP contribution is -2.34. The van der Waals surface area contributed by atoms with Crippen LogP contribution in [-0.2, 0) is 0 Å². The number of hydrogen-bond donors (Lipinski definition) is 1. The zero-order valence-electron chi connectivity index (χ0n) is 15.4. The van der Waals surface area contributed by atoms with Crippen molar-refractivity contribution in [3.8, 4) is 5.69 Å². The number of para-hydroxylation sites is 1. The molecule has 3 aromatic rings. The summed E-state index contributed by atoms with van der Waals surface area (Å²) < 4.78 is 1.87. The Hall–Kier alpha value is -3.19. The van der Waals surface area contributed by atoms with E-state index in [0.717, 1.165) is 16.8 Å². The van der Waals surface area contributed by atoms with E-state index >= 15 is 0 Å². The molecule has 1 atom stereocenters. The maximum atomic E-state index is 11.9. The first kappa shape index (κ1) is 18.2. The van der Waals surface area contributed by atoms with Crippen LogP contribution in [0.15, 0.2) is 53.5 Å². The highest BCUT2D eigenvalue weighted by atomic mass is 35.5. The molecule has 2 heterocycles. The van der Waals surface area contributed by atoms with Crippen LogP contribution in [0.25, 0.3) is 5.69 Å².